The lowest BCUT2D eigenvalue weighted by Gasteiger charge is -2.30. The Kier molecular flexibility index (Phi) is 6.72. The zero-order valence-electron chi connectivity index (χ0n) is 16.2. The van der Waals surface area contributed by atoms with Crippen molar-refractivity contribution in [3.63, 3.8) is 0 Å². The maximum atomic E-state index is 12.6. The number of benzene rings is 2. The van der Waals surface area contributed by atoms with E-state index in [1.165, 1.54) is 36.4 Å². The van der Waals surface area contributed by atoms with Crippen molar-refractivity contribution in [2.24, 2.45) is 0 Å². The number of carbonyl (C=O) groups is 2. The monoisotopic (exact) mass is 430 g/mol. The highest BCUT2D eigenvalue weighted by molar-refractivity contribution is 5.99. The number of hydrogen-bond donors (Lipinski definition) is 1. The molecule has 3 rings (SSSR count). The quantitative estimate of drug-likeness (QED) is 0.395. The Hall–Kier alpha value is -4.06. The molecule has 2 aromatic rings. The van der Waals surface area contributed by atoms with E-state index in [0.29, 0.717) is 32.0 Å². The van der Waals surface area contributed by atoms with E-state index < -0.39 is 28.3 Å². The molecule has 2 aromatic carbocycles. The lowest BCUT2D eigenvalue weighted by molar-refractivity contribution is -0.385. The van der Waals surface area contributed by atoms with Gasteiger partial charge >= 0.3 is 5.97 Å². The maximum absolute atomic E-state index is 12.6. The number of amides is 1. The lowest BCUT2D eigenvalue weighted by Crippen LogP contribution is -2.37. The minimum Gasteiger partial charge on any atom is -0.452 e. The van der Waals surface area contributed by atoms with Crippen molar-refractivity contribution in [1.29, 1.82) is 0 Å². The standard InChI is InChI=1S/C19H18N4O8/c24-18(20-13-1-3-14(4-2-13)22(26)27)12-31-19(25)16-11-15(23(28)29)5-6-17(16)21-7-9-30-10-8-21/h1-6,11H,7-10,12H2,(H,20,24). The Morgan fingerprint density at radius 2 is 1.61 bits per heavy atom. The van der Waals surface area contributed by atoms with E-state index in [9.17, 15) is 29.8 Å². The summed E-state index contributed by atoms with van der Waals surface area (Å²) in [5, 5.41) is 24.2. The Morgan fingerprint density at radius 3 is 2.23 bits per heavy atom. The molecule has 1 saturated heterocycles. The number of rotatable bonds is 7. The summed E-state index contributed by atoms with van der Waals surface area (Å²) in [4.78, 5) is 47.1. The molecular formula is C19H18N4O8. The third-order valence-electron chi connectivity index (χ3n) is 4.46. The van der Waals surface area contributed by atoms with Gasteiger partial charge in [0, 0.05) is 43.0 Å². The van der Waals surface area contributed by atoms with Gasteiger partial charge in [0.05, 0.1) is 34.3 Å². The third-order valence-corrected chi connectivity index (χ3v) is 4.46. The number of nitro groups is 2. The van der Waals surface area contributed by atoms with Crippen LogP contribution in [0.4, 0.5) is 22.7 Å². The van der Waals surface area contributed by atoms with Crippen molar-refractivity contribution in [2.75, 3.05) is 43.1 Å². The van der Waals surface area contributed by atoms with Crippen molar-refractivity contribution in [3.8, 4) is 0 Å². The van der Waals surface area contributed by atoms with Gasteiger partial charge in [0.1, 0.15) is 0 Å². The molecule has 12 heteroatoms. The number of ether oxygens (including phenoxy) is 2. The van der Waals surface area contributed by atoms with Crippen LogP contribution >= 0.6 is 0 Å². The number of esters is 1. The fraction of sp³-hybridized carbons (Fsp3) is 0.263. The highest BCUT2D eigenvalue weighted by atomic mass is 16.6. The number of nitrogens with zero attached hydrogens (tertiary/aromatic N) is 3. The number of anilines is 2. The number of carbonyl (C=O) groups excluding carboxylic acids is 2. The average molecular weight is 430 g/mol. The predicted molar refractivity (Wildman–Crippen MR) is 108 cm³/mol. The first-order valence-corrected chi connectivity index (χ1v) is 9.17. The van der Waals surface area contributed by atoms with Gasteiger partial charge < -0.3 is 19.7 Å². The van der Waals surface area contributed by atoms with Gasteiger partial charge in [-0.05, 0) is 18.2 Å². The van der Waals surface area contributed by atoms with Gasteiger partial charge in [-0.2, -0.15) is 0 Å². The van der Waals surface area contributed by atoms with Crippen molar-refractivity contribution in [3.05, 3.63) is 68.3 Å². The minimum atomic E-state index is -0.885. The Labute approximate surface area is 175 Å². The molecule has 1 amide bonds. The summed E-state index contributed by atoms with van der Waals surface area (Å²) in [6, 6.07) is 9.00. The molecule has 0 aliphatic carbocycles. The molecule has 31 heavy (non-hydrogen) atoms. The molecule has 162 valence electrons. The molecule has 1 fully saturated rings. The van der Waals surface area contributed by atoms with E-state index in [-0.39, 0.29) is 22.6 Å². The third kappa shape index (κ3) is 5.51. The number of non-ortho nitro benzene ring substituents is 2. The highest BCUT2D eigenvalue weighted by Crippen LogP contribution is 2.27. The fourth-order valence-electron chi connectivity index (χ4n) is 2.95. The van der Waals surface area contributed by atoms with Gasteiger partial charge in [0.25, 0.3) is 17.3 Å². The first-order valence-electron chi connectivity index (χ1n) is 9.17. The van der Waals surface area contributed by atoms with Crippen molar-refractivity contribution in [2.45, 2.75) is 0 Å². The summed E-state index contributed by atoms with van der Waals surface area (Å²) in [7, 11) is 0. The van der Waals surface area contributed by atoms with Crippen LogP contribution in [0.25, 0.3) is 0 Å². The van der Waals surface area contributed by atoms with Crippen LogP contribution in [-0.4, -0.2) is 54.6 Å². The topological polar surface area (TPSA) is 154 Å². The average Bonchev–Trinajstić information content (AvgIpc) is 2.78. The summed E-state index contributed by atoms with van der Waals surface area (Å²) in [6.07, 6.45) is 0. The van der Waals surface area contributed by atoms with E-state index >= 15 is 0 Å². The molecule has 1 aliphatic rings. The SMILES string of the molecule is O=C(COC(=O)c1cc([N+](=O)[O-])ccc1N1CCOCC1)Nc1ccc([N+](=O)[O-])cc1. The van der Waals surface area contributed by atoms with E-state index in [0.717, 1.165) is 6.07 Å². The number of nitrogens with one attached hydrogen (secondary N) is 1. The summed E-state index contributed by atoms with van der Waals surface area (Å²) >= 11 is 0. The smallest absolute Gasteiger partial charge is 0.341 e. The minimum absolute atomic E-state index is 0.0285. The first-order chi connectivity index (χ1) is 14.8. The van der Waals surface area contributed by atoms with Gasteiger partial charge in [-0.3, -0.25) is 25.0 Å². The summed E-state index contributed by atoms with van der Waals surface area (Å²) in [6.45, 7) is 1.25. The summed E-state index contributed by atoms with van der Waals surface area (Å²) < 4.78 is 10.3. The van der Waals surface area contributed by atoms with Crippen LogP contribution in [0.2, 0.25) is 0 Å². The molecule has 12 nitrogen and oxygen atoms in total. The molecule has 0 spiro atoms. The van der Waals surface area contributed by atoms with Gasteiger partial charge in [-0.1, -0.05) is 0 Å². The van der Waals surface area contributed by atoms with Gasteiger partial charge in [0.15, 0.2) is 6.61 Å². The normalized spacial score (nSPS) is 13.4. The Morgan fingerprint density at radius 1 is 1.00 bits per heavy atom. The number of hydrogen-bond acceptors (Lipinski definition) is 9. The molecule has 0 radical (unpaired) electrons. The predicted octanol–water partition coefficient (Wildman–Crippen LogP) is 2.14. The van der Waals surface area contributed by atoms with Gasteiger partial charge in [0.2, 0.25) is 0 Å². The largest absolute Gasteiger partial charge is 0.452 e. The lowest BCUT2D eigenvalue weighted by atomic mass is 10.1. The van der Waals surface area contributed by atoms with E-state index in [1.807, 2.05) is 4.90 Å². The number of morpholine rings is 1. The van der Waals surface area contributed by atoms with Crippen LogP contribution in [0.1, 0.15) is 10.4 Å². The van der Waals surface area contributed by atoms with Crippen molar-refractivity contribution in [1.82, 2.24) is 0 Å². The van der Waals surface area contributed by atoms with E-state index in [4.69, 9.17) is 9.47 Å². The zero-order chi connectivity index (χ0) is 22.4. The zero-order valence-corrected chi connectivity index (χ0v) is 16.2. The van der Waals surface area contributed by atoms with Crippen LogP contribution in [-0.2, 0) is 14.3 Å². The van der Waals surface area contributed by atoms with Crippen molar-refractivity contribution >= 4 is 34.6 Å². The fourth-order valence-corrected chi connectivity index (χ4v) is 2.95. The Bertz CT molecular complexity index is 1000. The van der Waals surface area contributed by atoms with Crippen LogP contribution in [0.5, 0.6) is 0 Å². The van der Waals surface area contributed by atoms with Gasteiger partial charge in [-0.25, -0.2) is 4.79 Å². The first kappa shape index (κ1) is 21.6. The Balaban J connectivity index is 1.68. The van der Waals surface area contributed by atoms with Crippen LogP contribution in [0.15, 0.2) is 42.5 Å². The number of nitro benzene ring substituents is 2. The maximum Gasteiger partial charge on any atom is 0.341 e. The summed E-state index contributed by atoms with van der Waals surface area (Å²) in [5.41, 5.74) is 0.301. The second kappa shape index (κ2) is 9.63. The van der Waals surface area contributed by atoms with Crippen LogP contribution in [0, 0.1) is 20.2 Å². The molecule has 0 bridgehead atoms. The highest BCUT2D eigenvalue weighted by Gasteiger charge is 2.23. The molecule has 0 atom stereocenters. The van der Waals surface area contributed by atoms with Crippen LogP contribution < -0.4 is 10.2 Å². The second-order valence-electron chi connectivity index (χ2n) is 6.49. The van der Waals surface area contributed by atoms with E-state index in [2.05, 4.69) is 5.32 Å². The molecule has 0 saturated carbocycles. The van der Waals surface area contributed by atoms with E-state index in [1.54, 1.807) is 0 Å². The molecule has 1 N–H and O–H groups in total. The molecule has 1 aliphatic heterocycles. The van der Waals surface area contributed by atoms with Crippen molar-refractivity contribution < 1.29 is 28.9 Å². The second-order valence-corrected chi connectivity index (χ2v) is 6.49. The molecule has 1 heterocycles. The summed E-state index contributed by atoms with van der Waals surface area (Å²) in [5.74, 6) is -1.55. The molecule has 0 aromatic heterocycles. The van der Waals surface area contributed by atoms with Crippen LogP contribution in [0.3, 0.4) is 0 Å². The molecular weight excluding hydrogens is 412 g/mol. The van der Waals surface area contributed by atoms with Gasteiger partial charge in [-0.15, -0.1) is 0 Å². The molecule has 0 unspecified atom stereocenters.